The van der Waals surface area contributed by atoms with Crippen LogP contribution >= 0.6 is 0 Å². The highest BCUT2D eigenvalue weighted by Crippen LogP contribution is 2.58. The lowest BCUT2D eigenvalue weighted by molar-refractivity contribution is -0.414. The second kappa shape index (κ2) is 7.94. The summed E-state index contributed by atoms with van der Waals surface area (Å²) in [5.74, 6) is -38.5. The van der Waals surface area contributed by atoms with Crippen molar-refractivity contribution >= 4 is 5.97 Å². The average Bonchev–Trinajstić information content (AvgIpc) is 2.51. The van der Waals surface area contributed by atoms with Gasteiger partial charge in [0.05, 0.1) is 5.92 Å². The van der Waals surface area contributed by atoms with E-state index in [0.29, 0.717) is 6.42 Å². The Bertz CT molecular complexity index is 517. The maximum Gasteiger partial charge on any atom is 0.384 e. The SMILES string of the molecule is CCCC(C)C(=O)OCC(F)(F)C(F)(F)C(F)(F)C(F)(F)C(F)(F)C(F)F. The molecule has 14 heteroatoms. The Morgan fingerprint density at radius 3 is 1.67 bits per heavy atom. The molecule has 1 atom stereocenters. The first-order chi connectivity index (χ1) is 11.8. The summed E-state index contributed by atoms with van der Waals surface area (Å²) in [6.07, 6.45) is -5.25. The number of ether oxygens (including phenoxy) is 1. The number of esters is 1. The third kappa shape index (κ3) is 4.39. The minimum atomic E-state index is -7.62. The Labute approximate surface area is 144 Å². The van der Waals surface area contributed by atoms with Crippen LogP contribution in [-0.4, -0.2) is 48.6 Å². The molecule has 0 radical (unpaired) electrons. The quantitative estimate of drug-likeness (QED) is 0.343. The van der Waals surface area contributed by atoms with Gasteiger partial charge in [-0.25, -0.2) is 8.78 Å². The normalized spacial score (nSPS) is 15.8. The molecule has 27 heavy (non-hydrogen) atoms. The van der Waals surface area contributed by atoms with E-state index in [1.54, 1.807) is 0 Å². The van der Waals surface area contributed by atoms with Crippen LogP contribution < -0.4 is 0 Å². The Morgan fingerprint density at radius 1 is 0.852 bits per heavy atom. The molecule has 0 aliphatic rings. The summed E-state index contributed by atoms with van der Waals surface area (Å²) in [5.41, 5.74) is 0. The smallest absolute Gasteiger partial charge is 0.384 e. The summed E-state index contributed by atoms with van der Waals surface area (Å²) in [6, 6.07) is 0. The van der Waals surface area contributed by atoms with Gasteiger partial charge in [-0.15, -0.1) is 0 Å². The molecule has 0 fully saturated rings. The summed E-state index contributed by atoms with van der Waals surface area (Å²) < 4.78 is 158. The van der Waals surface area contributed by atoms with Crippen LogP contribution in [0.3, 0.4) is 0 Å². The minimum absolute atomic E-state index is 0.00956. The zero-order valence-electron chi connectivity index (χ0n) is 13.6. The first kappa shape index (κ1) is 25.6. The van der Waals surface area contributed by atoms with Crippen molar-refractivity contribution in [3.63, 3.8) is 0 Å². The topological polar surface area (TPSA) is 26.3 Å². The second-order valence-electron chi connectivity index (χ2n) is 5.65. The monoisotopic (exact) mass is 430 g/mol. The van der Waals surface area contributed by atoms with Gasteiger partial charge in [0.25, 0.3) is 0 Å². The molecular formula is C13H14F12O2. The minimum Gasteiger partial charge on any atom is -0.459 e. The summed E-state index contributed by atoms with van der Waals surface area (Å²) >= 11 is 0. The standard InChI is InChI=1S/C13H14F12O2/c1-3-4-6(2)7(26)27-5-9(16,17)11(20,21)13(24,25)12(22,23)10(18,19)8(14)15/h6,8H,3-5H2,1-2H3. The fourth-order valence-corrected chi connectivity index (χ4v) is 1.72. The van der Waals surface area contributed by atoms with Gasteiger partial charge in [-0.2, -0.15) is 43.9 Å². The lowest BCUT2D eigenvalue weighted by Gasteiger charge is -2.38. The van der Waals surface area contributed by atoms with Gasteiger partial charge in [0.2, 0.25) is 0 Å². The molecule has 0 saturated heterocycles. The van der Waals surface area contributed by atoms with Crippen molar-refractivity contribution in [3.8, 4) is 0 Å². The number of rotatable bonds is 10. The van der Waals surface area contributed by atoms with Crippen molar-refractivity contribution in [1.82, 2.24) is 0 Å². The molecule has 1 unspecified atom stereocenters. The van der Waals surface area contributed by atoms with Gasteiger partial charge in [-0.3, -0.25) is 4.79 Å². The van der Waals surface area contributed by atoms with Gasteiger partial charge in [-0.05, 0) is 6.42 Å². The van der Waals surface area contributed by atoms with E-state index in [4.69, 9.17) is 0 Å². The van der Waals surface area contributed by atoms with E-state index in [1.165, 1.54) is 6.92 Å². The van der Waals surface area contributed by atoms with Crippen molar-refractivity contribution in [3.05, 3.63) is 0 Å². The summed E-state index contributed by atoms with van der Waals surface area (Å²) in [5, 5.41) is 0. The summed E-state index contributed by atoms with van der Waals surface area (Å²) in [6.45, 7) is -0.245. The molecule has 0 aromatic heterocycles. The predicted molar refractivity (Wildman–Crippen MR) is 65.8 cm³/mol. The summed E-state index contributed by atoms with van der Waals surface area (Å²) in [7, 11) is 0. The van der Waals surface area contributed by atoms with Crippen molar-refractivity contribution in [1.29, 1.82) is 0 Å². The molecule has 0 amide bonds. The number of alkyl halides is 12. The molecule has 0 aromatic rings. The molecule has 0 heterocycles. The van der Waals surface area contributed by atoms with Crippen molar-refractivity contribution in [2.45, 2.75) is 62.7 Å². The van der Waals surface area contributed by atoms with Crippen LogP contribution in [0.4, 0.5) is 52.7 Å². The lowest BCUT2D eigenvalue weighted by atomic mass is 9.94. The van der Waals surface area contributed by atoms with E-state index in [1.807, 2.05) is 0 Å². The van der Waals surface area contributed by atoms with Gasteiger partial charge >= 0.3 is 42.0 Å². The number of halogens is 12. The van der Waals surface area contributed by atoms with Crippen molar-refractivity contribution in [2.75, 3.05) is 6.61 Å². The zero-order valence-corrected chi connectivity index (χ0v) is 13.6. The first-order valence-corrected chi connectivity index (χ1v) is 7.15. The van der Waals surface area contributed by atoms with E-state index < -0.39 is 54.5 Å². The van der Waals surface area contributed by atoms with Crippen LogP contribution in [0.1, 0.15) is 26.7 Å². The van der Waals surface area contributed by atoms with Gasteiger partial charge in [0.15, 0.2) is 6.61 Å². The van der Waals surface area contributed by atoms with Crippen LogP contribution in [0.15, 0.2) is 0 Å². The van der Waals surface area contributed by atoms with E-state index in [0.717, 1.165) is 6.92 Å². The van der Waals surface area contributed by atoms with Gasteiger partial charge < -0.3 is 4.74 Å². The fourth-order valence-electron chi connectivity index (χ4n) is 1.72. The first-order valence-electron chi connectivity index (χ1n) is 7.15. The molecule has 0 aliphatic heterocycles. The second-order valence-corrected chi connectivity index (χ2v) is 5.65. The van der Waals surface area contributed by atoms with Crippen LogP contribution in [-0.2, 0) is 9.53 Å². The van der Waals surface area contributed by atoms with E-state index in [2.05, 4.69) is 4.74 Å². The number of carbonyl (C=O) groups is 1. The van der Waals surface area contributed by atoms with Crippen LogP contribution in [0.25, 0.3) is 0 Å². The molecule has 0 rings (SSSR count). The largest absolute Gasteiger partial charge is 0.459 e. The molecule has 0 spiro atoms. The molecular weight excluding hydrogens is 416 g/mol. The van der Waals surface area contributed by atoms with Gasteiger partial charge in [0, 0.05) is 0 Å². The average molecular weight is 430 g/mol. The predicted octanol–water partition coefficient (Wildman–Crippen LogP) is 5.41. The number of hydrogen-bond donors (Lipinski definition) is 0. The van der Waals surface area contributed by atoms with Gasteiger partial charge in [0.1, 0.15) is 0 Å². The molecule has 162 valence electrons. The van der Waals surface area contributed by atoms with E-state index in [9.17, 15) is 57.5 Å². The molecule has 0 bridgehead atoms. The van der Waals surface area contributed by atoms with Crippen molar-refractivity contribution < 1.29 is 62.2 Å². The highest BCUT2D eigenvalue weighted by molar-refractivity contribution is 5.71. The molecule has 2 nitrogen and oxygen atoms in total. The Kier molecular flexibility index (Phi) is 7.53. The van der Waals surface area contributed by atoms with E-state index >= 15 is 0 Å². The molecule has 0 saturated carbocycles. The number of carbonyl (C=O) groups excluding carboxylic acids is 1. The maximum absolute atomic E-state index is 13.4. The van der Waals surface area contributed by atoms with Crippen molar-refractivity contribution in [2.24, 2.45) is 5.92 Å². The van der Waals surface area contributed by atoms with E-state index in [-0.39, 0.29) is 6.42 Å². The Morgan fingerprint density at radius 2 is 1.30 bits per heavy atom. The molecule has 0 N–H and O–H groups in total. The fraction of sp³-hybridized carbons (Fsp3) is 0.923. The third-order valence-electron chi connectivity index (χ3n) is 3.46. The third-order valence-corrected chi connectivity index (χ3v) is 3.46. The highest BCUT2D eigenvalue weighted by Gasteiger charge is 2.87. The maximum atomic E-state index is 13.4. The lowest BCUT2D eigenvalue weighted by Crippen LogP contribution is -2.69. The van der Waals surface area contributed by atoms with Crippen LogP contribution in [0.5, 0.6) is 0 Å². The van der Waals surface area contributed by atoms with Crippen LogP contribution in [0.2, 0.25) is 0 Å². The molecule has 0 aliphatic carbocycles. The Balaban J connectivity index is 5.70. The van der Waals surface area contributed by atoms with Crippen LogP contribution in [0, 0.1) is 5.92 Å². The Hall–Kier alpha value is -1.37. The molecule has 0 aromatic carbocycles. The highest BCUT2D eigenvalue weighted by atomic mass is 19.4. The summed E-state index contributed by atoms with van der Waals surface area (Å²) in [4.78, 5) is 11.2. The van der Waals surface area contributed by atoms with Gasteiger partial charge in [-0.1, -0.05) is 20.3 Å². The number of hydrogen-bond acceptors (Lipinski definition) is 2. The zero-order chi connectivity index (χ0) is 22.1.